The molecular formula is C5H4NO2S. The normalized spacial score (nSPS) is 9.33. The quantitative estimate of drug-likeness (QED) is 0.608. The molecule has 3 nitrogen and oxygen atoms in total. The molecule has 0 aliphatic heterocycles. The summed E-state index contributed by atoms with van der Waals surface area (Å²) in [6.07, 6.45) is 1.51. The van der Waals surface area contributed by atoms with Gasteiger partial charge in [-0.15, -0.1) is 11.3 Å². The molecule has 1 radical (unpaired) electrons. The van der Waals surface area contributed by atoms with Crippen LogP contribution in [0.2, 0.25) is 0 Å². The van der Waals surface area contributed by atoms with E-state index < -0.39 is 5.97 Å². The zero-order valence-electron chi connectivity index (χ0n) is 4.53. The first kappa shape index (κ1) is 6.22. The lowest BCUT2D eigenvalue weighted by molar-refractivity contribution is -0.142. The first-order valence-electron chi connectivity index (χ1n) is 2.36. The highest BCUT2D eigenvalue weighted by molar-refractivity contribution is 7.09. The fraction of sp³-hybridized carbons (Fsp3) is 0.200. The van der Waals surface area contributed by atoms with Gasteiger partial charge in [-0.2, -0.15) is 0 Å². The van der Waals surface area contributed by atoms with Crippen molar-refractivity contribution < 1.29 is 9.90 Å². The summed E-state index contributed by atoms with van der Waals surface area (Å²) in [5.41, 5.74) is 1.60. The SMILES string of the molecule is [O]C(=O)Cc1cncs1. The summed E-state index contributed by atoms with van der Waals surface area (Å²) in [4.78, 5) is 14.4. The third kappa shape index (κ3) is 1.81. The third-order valence-electron chi connectivity index (χ3n) is 0.802. The minimum atomic E-state index is -1.06. The first-order valence-corrected chi connectivity index (χ1v) is 3.24. The summed E-state index contributed by atoms with van der Waals surface area (Å²) in [5.74, 6) is -1.06. The van der Waals surface area contributed by atoms with Gasteiger partial charge in [0.2, 0.25) is 0 Å². The van der Waals surface area contributed by atoms with E-state index in [1.54, 1.807) is 5.51 Å². The van der Waals surface area contributed by atoms with Gasteiger partial charge in [-0.3, -0.25) is 4.98 Å². The molecule has 0 aromatic carbocycles. The van der Waals surface area contributed by atoms with Crippen LogP contribution in [-0.2, 0) is 16.3 Å². The number of hydrogen-bond donors (Lipinski definition) is 0. The Balaban J connectivity index is 2.58. The average molecular weight is 142 g/mol. The summed E-state index contributed by atoms with van der Waals surface area (Å²) < 4.78 is 0. The van der Waals surface area contributed by atoms with Gasteiger partial charge >= 0.3 is 5.97 Å². The van der Waals surface area contributed by atoms with E-state index in [9.17, 15) is 9.90 Å². The molecule has 1 aromatic heterocycles. The second-order valence-electron chi connectivity index (χ2n) is 1.52. The average Bonchev–Trinajstić information content (AvgIpc) is 2.15. The number of thiazole rings is 1. The molecule has 0 aliphatic carbocycles. The molecule has 0 saturated heterocycles. The minimum absolute atomic E-state index is 0.0231. The molecule has 0 N–H and O–H groups in total. The Labute approximate surface area is 56.0 Å². The van der Waals surface area contributed by atoms with Crippen molar-refractivity contribution in [1.29, 1.82) is 0 Å². The Hall–Kier alpha value is -0.900. The van der Waals surface area contributed by atoms with Crippen LogP contribution in [0.3, 0.4) is 0 Å². The third-order valence-corrected chi connectivity index (χ3v) is 1.58. The van der Waals surface area contributed by atoms with Gasteiger partial charge in [0.25, 0.3) is 0 Å². The van der Waals surface area contributed by atoms with E-state index in [1.807, 2.05) is 0 Å². The Kier molecular flexibility index (Phi) is 1.79. The topological polar surface area (TPSA) is 49.9 Å². The van der Waals surface area contributed by atoms with Gasteiger partial charge in [0.1, 0.15) is 0 Å². The zero-order valence-corrected chi connectivity index (χ0v) is 5.35. The predicted octanol–water partition coefficient (Wildman–Crippen LogP) is 0.643. The van der Waals surface area contributed by atoms with Crippen molar-refractivity contribution >= 4 is 17.3 Å². The van der Waals surface area contributed by atoms with Crippen molar-refractivity contribution in [2.45, 2.75) is 6.42 Å². The summed E-state index contributed by atoms with van der Waals surface area (Å²) >= 11 is 1.32. The second-order valence-corrected chi connectivity index (χ2v) is 2.49. The van der Waals surface area contributed by atoms with Crippen LogP contribution in [0, 0.1) is 0 Å². The Morgan fingerprint density at radius 3 is 3.00 bits per heavy atom. The summed E-state index contributed by atoms with van der Waals surface area (Å²) in [6, 6.07) is 0. The zero-order chi connectivity index (χ0) is 6.69. The van der Waals surface area contributed by atoms with E-state index in [1.165, 1.54) is 17.5 Å². The summed E-state index contributed by atoms with van der Waals surface area (Å²) in [6.45, 7) is 0. The number of carbonyl (C=O) groups excluding carboxylic acids is 1. The smallest absolute Gasteiger partial charge is 0.253 e. The molecule has 4 heteroatoms. The van der Waals surface area contributed by atoms with E-state index in [2.05, 4.69) is 4.98 Å². The second kappa shape index (κ2) is 2.59. The van der Waals surface area contributed by atoms with Crippen molar-refractivity contribution in [2.75, 3.05) is 0 Å². The van der Waals surface area contributed by atoms with E-state index in [4.69, 9.17) is 0 Å². The largest absolute Gasteiger partial charge is 0.360 e. The Morgan fingerprint density at radius 2 is 2.56 bits per heavy atom. The first-order chi connectivity index (χ1) is 4.29. The van der Waals surface area contributed by atoms with Gasteiger partial charge in [0.15, 0.2) is 0 Å². The summed E-state index contributed by atoms with van der Waals surface area (Å²) in [7, 11) is 0. The van der Waals surface area contributed by atoms with Gasteiger partial charge in [0.05, 0.1) is 11.9 Å². The monoisotopic (exact) mass is 142 g/mol. The number of aromatic nitrogens is 1. The molecule has 0 atom stereocenters. The van der Waals surface area contributed by atoms with Crippen LogP contribution in [0.1, 0.15) is 4.88 Å². The Morgan fingerprint density at radius 1 is 1.78 bits per heavy atom. The molecule has 1 aromatic rings. The molecule has 47 valence electrons. The molecule has 0 amide bonds. The molecule has 0 bridgehead atoms. The van der Waals surface area contributed by atoms with Crippen LogP contribution in [0.4, 0.5) is 0 Å². The standard InChI is InChI=1S/C5H4NO2S/c7-5(8)1-4-2-6-3-9-4/h2-3H,1H2. The van der Waals surface area contributed by atoms with Crippen molar-refractivity contribution in [2.24, 2.45) is 0 Å². The number of carbonyl (C=O) groups is 1. The van der Waals surface area contributed by atoms with Gasteiger partial charge in [-0.1, -0.05) is 0 Å². The maximum atomic E-state index is 9.93. The molecule has 0 saturated carbocycles. The number of hydrogen-bond acceptors (Lipinski definition) is 3. The van der Waals surface area contributed by atoms with Gasteiger partial charge < -0.3 is 0 Å². The summed E-state index contributed by atoms with van der Waals surface area (Å²) in [5, 5.41) is 9.93. The molecule has 1 rings (SSSR count). The highest BCUT2D eigenvalue weighted by Crippen LogP contribution is 2.05. The highest BCUT2D eigenvalue weighted by atomic mass is 32.1. The van der Waals surface area contributed by atoms with Crippen molar-refractivity contribution in [1.82, 2.24) is 4.98 Å². The predicted molar refractivity (Wildman–Crippen MR) is 31.5 cm³/mol. The molecule has 0 unspecified atom stereocenters. The lowest BCUT2D eigenvalue weighted by atomic mass is 10.4. The van der Waals surface area contributed by atoms with Crippen molar-refractivity contribution in [3.63, 3.8) is 0 Å². The number of nitrogens with zero attached hydrogens (tertiary/aromatic N) is 1. The van der Waals surface area contributed by atoms with Gasteiger partial charge in [0, 0.05) is 11.1 Å². The van der Waals surface area contributed by atoms with Crippen LogP contribution in [0.15, 0.2) is 11.7 Å². The van der Waals surface area contributed by atoms with E-state index in [0.717, 1.165) is 4.88 Å². The van der Waals surface area contributed by atoms with E-state index in [0.29, 0.717) is 0 Å². The van der Waals surface area contributed by atoms with Crippen molar-refractivity contribution in [3.05, 3.63) is 16.6 Å². The lowest BCUT2D eigenvalue weighted by Crippen LogP contribution is -1.94. The van der Waals surface area contributed by atoms with Crippen molar-refractivity contribution in [3.8, 4) is 0 Å². The fourth-order valence-corrected chi connectivity index (χ4v) is 1.05. The maximum absolute atomic E-state index is 9.93. The van der Waals surface area contributed by atoms with Crippen LogP contribution in [0.25, 0.3) is 0 Å². The van der Waals surface area contributed by atoms with Crippen LogP contribution in [-0.4, -0.2) is 11.0 Å². The lowest BCUT2D eigenvalue weighted by Gasteiger charge is -1.80. The molecule has 0 spiro atoms. The van der Waals surface area contributed by atoms with E-state index in [-0.39, 0.29) is 6.42 Å². The van der Waals surface area contributed by atoms with Gasteiger partial charge in [-0.25, -0.2) is 9.90 Å². The fourth-order valence-electron chi connectivity index (χ4n) is 0.472. The highest BCUT2D eigenvalue weighted by Gasteiger charge is 2.01. The minimum Gasteiger partial charge on any atom is -0.253 e. The number of rotatable bonds is 2. The molecular weight excluding hydrogens is 138 g/mol. The van der Waals surface area contributed by atoms with Crippen LogP contribution in [0.5, 0.6) is 0 Å². The molecule has 0 fully saturated rings. The van der Waals surface area contributed by atoms with Crippen LogP contribution < -0.4 is 0 Å². The molecule has 1 heterocycles. The van der Waals surface area contributed by atoms with Gasteiger partial charge in [-0.05, 0) is 0 Å². The van der Waals surface area contributed by atoms with E-state index >= 15 is 0 Å². The molecule has 0 aliphatic rings. The Bertz CT molecular complexity index is 195. The van der Waals surface area contributed by atoms with Crippen LogP contribution >= 0.6 is 11.3 Å². The molecule has 9 heavy (non-hydrogen) atoms. The maximum Gasteiger partial charge on any atom is 0.360 e.